The number of hydrogen-bond acceptors (Lipinski definition) is 6. The van der Waals surface area contributed by atoms with Gasteiger partial charge < -0.3 is 0 Å². The number of anilines is 1. The Balaban J connectivity index is 1.96. The summed E-state index contributed by atoms with van der Waals surface area (Å²) >= 11 is 7.28. The van der Waals surface area contributed by atoms with Gasteiger partial charge in [-0.05, 0) is 23.0 Å². The number of hydrogen-bond donors (Lipinski definition) is 0. The van der Waals surface area contributed by atoms with Crippen LogP contribution < -0.4 is 4.90 Å². The molecule has 0 aromatic carbocycles. The first-order valence-corrected chi connectivity index (χ1v) is 9.70. The molecule has 3 heterocycles. The molecule has 3 rings (SSSR count). The Morgan fingerprint density at radius 1 is 1.43 bits per heavy atom. The lowest BCUT2D eigenvalue weighted by molar-refractivity contribution is -0.117. The lowest BCUT2D eigenvalue weighted by Crippen LogP contribution is -2.26. The maximum atomic E-state index is 12.1. The van der Waals surface area contributed by atoms with Crippen molar-refractivity contribution in [2.75, 3.05) is 17.2 Å². The van der Waals surface area contributed by atoms with Crippen LogP contribution >= 0.6 is 33.6 Å². The Hall–Kier alpha value is -0.960. The van der Waals surface area contributed by atoms with Gasteiger partial charge in [0.2, 0.25) is 20.2 Å². The number of carbonyl (C=O) groups excluding carboxylic acids is 1. The molecule has 1 unspecified atom stereocenters. The van der Waals surface area contributed by atoms with Crippen LogP contribution in [0.15, 0.2) is 11.4 Å². The van der Waals surface area contributed by atoms with Gasteiger partial charge >= 0.3 is 0 Å². The first-order valence-electron chi connectivity index (χ1n) is 5.97. The van der Waals surface area contributed by atoms with E-state index in [2.05, 4.69) is 9.97 Å². The van der Waals surface area contributed by atoms with Gasteiger partial charge in [-0.3, -0.25) is 9.69 Å². The van der Waals surface area contributed by atoms with E-state index < -0.39 is 9.05 Å². The van der Waals surface area contributed by atoms with E-state index in [0.717, 1.165) is 4.70 Å². The van der Waals surface area contributed by atoms with E-state index in [1.807, 2.05) is 5.38 Å². The molecule has 6 nitrogen and oxygen atoms in total. The monoisotopic (exact) mass is 365 g/mol. The Morgan fingerprint density at radius 3 is 2.90 bits per heavy atom. The second-order valence-corrected chi connectivity index (χ2v) is 8.81. The van der Waals surface area contributed by atoms with Crippen LogP contribution in [-0.4, -0.2) is 36.6 Å². The van der Waals surface area contributed by atoms with Gasteiger partial charge in [0.1, 0.15) is 0 Å². The second-order valence-electron chi connectivity index (χ2n) is 4.73. The molecule has 1 fully saturated rings. The molecule has 0 saturated carbocycles. The number of nitrogens with zero attached hydrogens (tertiary/aromatic N) is 3. The van der Waals surface area contributed by atoms with E-state index in [4.69, 9.17) is 22.3 Å². The fourth-order valence-electron chi connectivity index (χ4n) is 2.38. The highest BCUT2D eigenvalue weighted by atomic mass is 35.7. The Labute approximate surface area is 134 Å². The first kappa shape index (κ1) is 15.0. The summed E-state index contributed by atoms with van der Waals surface area (Å²) in [6.07, 6.45) is 0.125. The lowest BCUT2D eigenvalue weighted by atomic mass is 10.1. The molecule has 1 saturated heterocycles. The van der Waals surface area contributed by atoms with Crippen molar-refractivity contribution in [2.45, 2.75) is 6.42 Å². The molecule has 2 aromatic heterocycles. The van der Waals surface area contributed by atoms with Crippen molar-refractivity contribution in [1.29, 1.82) is 0 Å². The summed E-state index contributed by atoms with van der Waals surface area (Å²) in [4.78, 5) is 21.8. The van der Waals surface area contributed by atoms with Gasteiger partial charge in [-0.1, -0.05) is 0 Å². The maximum Gasteiger partial charge on any atom is 0.232 e. The minimum atomic E-state index is -3.64. The van der Waals surface area contributed by atoms with Gasteiger partial charge in [-0.15, -0.1) is 11.3 Å². The number of thiophene rings is 1. The van der Waals surface area contributed by atoms with Crippen molar-refractivity contribution in [1.82, 2.24) is 9.97 Å². The fourth-order valence-corrected chi connectivity index (χ4v) is 4.70. The van der Waals surface area contributed by atoms with E-state index in [-0.39, 0.29) is 35.8 Å². The summed E-state index contributed by atoms with van der Waals surface area (Å²) in [5.41, 5.74) is 0.663. The maximum absolute atomic E-state index is 12.1. The normalized spacial score (nSPS) is 19.6. The number of halogens is 2. The largest absolute Gasteiger partial charge is 0.295 e. The van der Waals surface area contributed by atoms with Crippen LogP contribution in [0.5, 0.6) is 0 Å². The molecule has 1 atom stereocenters. The van der Waals surface area contributed by atoms with Crippen LogP contribution in [-0.2, 0) is 13.8 Å². The van der Waals surface area contributed by atoms with Crippen LogP contribution in [0, 0.1) is 5.92 Å². The number of aromatic nitrogens is 2. The van der Waals surface area contributed by atoms with E-state index >= 15 is 0 Å². The zero-order valence-electron chi connectivity index (χ0n) is 10.5. The third-order valence-corrected chi connectivity index (χ3v) is 5.47. The first-order chi connectivity index (χ1) is 9.83. The van der Waals surface area contributed by atoms with Crippen LogP contribution in [0.4, 0.5) is 5.82 Å². The van der Waals surface area contributed by atoms with Crippen LogP contribution in [0.2, 0.25) is 5.28 Å². The standard InChI is InChI=1S/C11H9Cl2N3O3S2/c12-11-14-7-1-2-20-9(7)10(15-11)16-4-6(3-8(16)17)5-21(13,18)19/h1-2,6H,3-5H2. The number of carbonyl (C=O) groups is 1. The zero-order chi connectivity index (χ0) is 15.2. The third-order valence-electron chi connectivity index (χ3n) is 3.15. The molecule has 0 N–H and O–H groups in total. The average Bonchev–Trinajstić information content (AvgIpc) is 2.92. The van der Waals surface area contributed by atoms with Gasteiger partial charge in [-0.2, -0.15) is 4.98 Å². The Morgan fingerprint density at radius 2 is 2.19 bits per heavy atom. The predicted octanol–water partition coefficient (Wildman–Crippen LogP) is 2.27. The summed E-state index contributed by atoms with van der Waals surface area (Å²) in [5, 5.41) is 1.89. The van der Waals surface area contributed by atoms with Crippen molar-refractivity contribution < 1.29 is 13.2 Å². The second kappa shape index (κ2) is 5.35. The lowest BCUT2D eigenvalue weighted by Gasteiger charge is -2.16. The third kappa shape index (κ3) is 3.13. The van der Waals surface area contributed by atoms with E-state index in [1.54, 1.807) is 6.07 Å². The summed E-state index contributed by atoms with van der Waals surface area (Å²) < 4.78 is 23.1. The van der Waals surface area contributed by atoms with E-state index in [1.165, 1.54) is 16.2 Å². The quantitative estimate of drug-likeness (QED) is 0.615. The minimum absolute atomic E-state index is 0.0529. The molecule has 1 amide bonds. The smallest absolute Gasteiger partial charge is 0.232 e. The molecule has 0 radical (unpaired) electrons. The molecular formula is C11H9Cl2N3O3S2. The van der Waals surface area contributed by atoms with Gasteiger partial charge in [0.15, 0.2) is 5.82 Å². The van der Waals surface area contributed by atoms with E-state index in [0.29, 0.717) is 11.3 Å². The minimum Gasteiger partial charge on any atom is -0.295 e. The van der Waals surface area contributed by atoms with Crippen LogP contribution in [0.3, 0.4) is 0 Å². The predicted molar refractivity (Wildman–Crippen MR) is 82.5 cm³/mol. The molecule has 0 aliphatic carbocycles. The number of amides is 1. The van der Waals surface area contributed by atoms with E-state index in [9.17, 15) is 13.2 Å². The SMILES string of the molecule is O=C1CC(CS(=O)(=O)Cl)CN1c1nc(Cl)nc2ccsc12. The highest BCUT2D eigenvalue weighted by Crippen LogP contribution is 2.34. The topological polar surface area (TPSA) is 80.2 Å². The van der Waals surface area contributed by atoms with Crippen molar-refractivity contribution in [3.05, 3.63) is 16.7 Å². The summed E-state index contributed by atoms with van der Waals surface area (Å²) in [5.74, 6) is -0.337. The zero-order valence-corrected chi connectivity index (χ0v) is 13.6. The van der Waals surface area contributed by atoms with Crippen molar-refractivity contribution in [3.63, 3.8) is 0 Å². The Kier molecular flexibility index (Phi) is 3.81. The van der Waals surface area contributed by atoms with Gasteiger partial charge in [0.05, 0.1) is 16.0 Å². The number of rotatable bonds is 3. The molecule has 21 heavy (non-hydrogen) atoms. The van der Waals surface area contributed by atoms with Gasteiger partial charge in [0.25, 0.3) is 0 Å². The molecule has 0 spiro atoms. The van der Waals surface area contributed by atoms with Crippen LogP contribution in [0.25, 0.3) is 10.2 Å². The Bertz CT molecular complexity index is 821. The fraction of sp³-hybridized carbons (Fsp3) is 0.364. The van der Waals surface area contributed by atoms with Crippen molar-refractivity contribution in [2.24, 2.45) is 5.92 Å². The molecule has 1 aliphatic heterocycles. The van der Waals surface area contributed by atoms with Crippen LogP contribution in [0.1, 0.15) is 6.42 Å². The summed E-state index contributed by atoms with van der Waals surface area (Å²) in [6, 6.07) is 1.79. The number of fused-ring (bicyclic) bond motifs is 1. The molecule has 0 bridgehead atoms. The van der Waals surface area contributed by atoms with Gasteiger partial charge in [-0.25, -0.2) is 13.4 Å². The molecular weight excluding hydrogens is 357 g/mol. The molecule has 112 valence electrons. The molecule has 1 aliphatic rings. The van der Waals surface area contributed by atoms with Crippen molar-refractivity contribution in [3.8, 4) is 0 Å². The van der Waals surface area contributed by atoms with Crippen molar-refractivity contribution >= 4 is 64.6 Å². The molecule has 10 heteroatoms. The summed E-state index contributed by atoms with van der Waals surface area (Å²) in [7, 11) is 1.62. The highest BCUT2D eigenvalue weighted by molar-refractivity contribution is 8.13. The summed E-state index contributed by atoms with van der Waals surface area (Å²) in [6.45, 7) is 0.255. The molecule has 2 aromatic rings. The average molecular weight is 366 g/mol. The van der Waals surface area contributed by atoms with Gasteiger partial charge in [0, 0.05) is 29.6 Å². The highest BCUT2D eigenvalue weighted by Gasteiger charge is 2.35.